The van der Waals surface area contributed by atoms with Crippen LogP contribution in [-0.4, -0.2) is 289 Å². The molecule has 3 amide bonds. The Labute approximate surface area is 392 Å². The molecule has 69 heavy (non-hydrogen) atoms. The Morgan fingerprint density at radius 1 is 0.580 bits per heavy atom. The van der Waals surface area contributed by atoms with Crippen LogP contribution in [-0.2, 0) is 66.9 Å². The van der Waals surface area contributed by atoms with E-state index in [9.17, 15) is 98.8 Å². The van der Waals surface area contributed by atoms with Gasteiger partial charge in [0.1, 0.15) is 116 Å². The van der Waals surface area contributed by atoms with Crippen LogP contribution in [0.4, 0.5) is 0 Å². The van der Waals surface area contributed by atoms with Gasteiger partial charge in [0.2, 0.25) is 17.7 Å². The van der Waals surface area contributed by atoms with Crippen molar-refractivity contribution in [3.63, 3.8) is 0 Å². The highest BCUT2D eigenvalue weighted by Gasteiger charge is 2.54. The first-order valence-corrected chi connectivity index (χ1v) is 22.5. The minimum Gasteiger partial charge on any atom is -0.394 e. The number of hydrogen-bond donors (Lipinski definition) is 18. The molecule has 4 aliphatic heterocycles. The van der Waals surface area contributed by atoms with Crippen LogP contribution in [0.5, 0.6) is 0 Å². The Bertz CT molecular complexity index is 1760. The van der Waals surface area contributed by atoms with Gasteiger partial charge in [0.25, 0.3) is 0 Å². The van der Waals surface area contributed by atoms with E-state index < -0.39 is 215 Å². The van der Waals surface area contributed by atoms with Crippen molar-refractivity contribution in [2.75, 3.05) is 39.6 Å². The number of aliphatic hydroxyl groups is 14. The number of rotatable bonds is 22. The highest BCUT2D eigenvalue weighted by molar-refractivity contribution is 7.80. The molecule has 18 N–H and O–H groups in total. The molecule has 4 saturated heterocycles. The summed E-state index contributed by atoms with van der Waals surface area (Å²) in [5.41, 5.74) is 0. The minimum atomic E-state index is -5.26. The molecule has 0 spiro atoms. The summed E-state index contributed by atoms with van der Waals surface area (Å²) < 4.78 is 81.8. The molecule has 0 aromatic heterocycles. The van der Waals surface area contributed by atoms with Crippen molar-refractivity contribution < 1.29 is 141 Å². The second-order valence-corrected chi connectivity index (χ2v) is 17.6. The number of ether oxygens (including phenoxy) is 8. The van der Waals surface area contributed by atoms with Crippen molar-refractivity contribution in [1.82, 2.24) is 16.0 Å². The fourth-order valence-electron chi connectivity index (χ4n) is 7.89. The molecule has 0 radical (unpaired) electrons. The highest BCUT2D eigenvalue weighted by atomic mass is 32.3. The van der Waals surface area contributed by atoms with Crippen molar-refractivity contribution in [2.24, 2.45) is 0 Å². The summed E-state index contributed by atoms with van der Waals surface area (Å²) in [5, 5.41) is 156. The number of nitrogens with one attached hydrogen (secondary N) is 3. The SMILES string of the molecule is CC(=O)N[C@H]1[C@H](OC[C@@H](O)[C@H](O)[C@H](O[C@@H]2O[C@H](CO)[C@H](O[C@H]3O[C@H](CO)[C@@H](O)[C@H](O)[C@H]3NC(C)=O)[C@H](O)[C@H]2O)[C@H](CO)NC(C)=O)O[C@H](COS(=O)(=O)O)[C@@H](O[C@@H]2O[C@H](CO)[C@H](O)[C@H](O)[C@H]2O)[C@@H]1O. The fraction of sp³-hybridized carbons (Fsp3) is 0.917. The molecule has 0 aliphatic carbocycles. The van der Waals surface area contributed by atoms with E-state index in [1.54, 1.807) is 0 Å². The van der Waals surface area contributed by atoms with E-state index in [-0.39, 0.29) is 0 Å². The molecule has 0 aromatic rings. The van der Waals surface area contributed by atoms with Gasteiger partial charge in [0.15, 0.2) is 25.2 Å². The maximum absolute atomic E-state index is 12.3. The number of carbonyl (C=O) groups excluding carboxylic acids is 3. The van der Waals surface area contributed by atoms with Gasteiger partial charge in [0.05, 0.1) is 45.7 Å². The quantitative estimate of drug-likeness (QED) is 0.0448. The molecule has 0 aromatic carbocycles. The second-order valence-electron chi connectivity index (χ2n) is 16.5. The van der Waals surface area contributed by atoms with Gasteiger partial charge in [-0.2, -0.15) is 8.42 Å². The first-order chi connectivity index (χ1) is 32.3. The average molecular weight is 1030 g/mol. The third kappa shape index (κ3) is 15.0. The van der Waals surface area contributed by atoms with Gasteiger partial charge < -0.3 is 125 Å². The monoisotopic (exact) mass is 1030 g/mol. The van der Waals surface area contributed by atoms with Crippen LogP contribution < -0.4 is 16.0 Å². The van der Waals surface area contributed by atoms with Crippen LogP contribution in [0.2, 0.25) is 0 Å². The minimum absolute atomic E-state index is 0.743. The number of aliphatic hydroxyl groups excluding tert-OH is 14. The van der Waals surface area contributed by atoms with E-state index in [2.05, 4.69) is 20.1 Å². The Morgan fingerprint density at radius 3 is 1.58 bits per heavy atom. The topological polar surface area (TPSA) is 508 Å². The molecule has 402 valence electrons. The summed E-state index contributed by atoms with van der Waals surface area (Å²) in [7, 11) is -5.26. The first-order valence-electron chi connectivity index (χ1n) is 21.2. The van der Waals surface area contributed by atoms with Crippen LogP contribution in [0.25, 0.3) is 0 Å². The predicted octanol–water partition coefficient (Wildman–Crippen LogP) is -12.0. The molecule has 32 nitrogen and oxygen atoms in total. The summed E-state index contributed by atoms with van der Waals surface area (Å²) in [6, 6.07) is -5.03. The maximum Gasteiger partial charge on any atom is 0.397 e. The summed E-state index contributed by atoms with van der Waals surface area (Å²) in [6.45, 7) is -3.22. The van der Waals surface area contributed by atoms with Gasteiger partial charge in [-0.15, -0.1) is 0 Å². The normalized spacial score (nSPS) is 40.5. The number of carbonyl (C=O) groups is 3. The first kappa shape index (κ1) is 59.0. The van der Waals surface area contributed by atoms with Gasteiger partial charge in [-0.1, -0.05) is 0 Å². The third-order valence-electron chi connectivity index (χ3n) is 11.4. The summed E-state index contributed by atoms with van der Waals surface area (Å²) >= 11 is 0. The lowest BCUT2D eigenvalue weighted by atomic mass is 9.95. The van der Waals surface area contributed by atoms with Crippen LogP contribution in [0.3, 0.4) is 0 Å². The molecule has 4 aliphatic rings. The maximum atomic E-state index is 12.3. The smallest absolute Gasteiger partial charge is 0.394 e. The molecule has 0 bridgehead atoms. The number of hydrogen-bond acceptors (Lipinski definition) is 28. The van der Waals surface area contributed by atoms with Crippen molar-refractivity contribution in [3.05, 3.63) is 0 Å². The van der Waals surface area contributed by atoms with Crippen LogP contribution in [0, 0.1) is 0 Å². The lowest BCUT2D eigenvalue weighted by Crippen LogP contribution is -2.68. The van der Waals surface area contributed by atoms with Crippen LogP contribution in [0.1, 0.15) is 20.8 Å². The lowest BCUT2D eigenvalue weighted by molar-refractivity contribution is -0.357. The zero-order valence-corrected chi connectivity index (χ0v) is 37.7. The molecule has 0 saturated carbocycles. The van der Waals surface area contributed by atoms with Gasteiger partial charge in [-0.05, 0) is 0 Å². The lowest BCUT2D eigenvalue weighted by Gasteiger charge is -2.48. The molecule has 4 heterocycles. The average Bonchev–Trinajstić information content (AvgIpc) is 3.28. The summed E-state index contributed by atoms with van der Waals surface area (Å²) in [4.78, 5) is 36.5. The zero-order chi connectivity index (χ0) is 51.8. The fourth-order valence-corrected chi connectivity index (χ4v) is 8.19. The molecular formula is C36H63N3O29S. The second kappa shape index (κ2) is 25.9. The van der Waals surface area contributed by atoms with Crippen molar-refractivity contribution >= 4 is 28.1 Å². The molecule has 0 unspecified atom stereocenters. The summed E-state index contributed by atoms with van der Waals surface area (Å²) in [6.07, 6.45) is -40.9. The zero-order valence-electron chi connectivity index (χ0n) is 36.9. The Hall–Kier alpha value is -2.60. The third-order valence-corrected chi connectivity index (χ3v) is 11.8. The van der Waals surface area contributed by atoms with Gasteiger partial charge in [0, 0.05) is 20.8 Å². The Kier molecular flexibility index (Phi) is 22.1. The largest absolute Gasteiger partial charge is 0.397 e. The van der Waals surface area contributed by atoms with E-state index in [0.717, 1.165) is 20.8 Å². The van der Waals surface area contributed by atoms with Gasteiger partial charge in [-0.3, -0.25) is 18.9 Å². The molecular weight excluding hydrogens is 970 g/mol. The van der Waals surface area contributed by atoms with Gasteiger partial charge in [-0.25, -0.2) is 4.18 Å². The van der Waals surface area contributed by atoms with Crippen LogP contribution in [0.15, 0.2) is 0 Å². The van der Waals surface area contributed by atoms with Crippen molar-refractivity contribution in [3.8, 4) is 0 Å². The number of amides is 3. The molecule has 33 heteroatoms. The highest BCUT2D eigenvalue weighted by Crippen LogP contribution is 2.33. The van der Waals surface area contributed by atoms with E-state index in [1.165, 1.54) is 0 Å². The predicted molar refractivity (Wildman–Crippen MR) is 214 cm³/mol. The molecule has 4 rings (SSSR count). The van der Waals surface area contributed by atoms with E-state index >= 15 is 0 Å². The van der Waals surface area contributed by atoms with Crippen molar-refractivity contribution in [2.45, 2.75) is 168 Å². The summed E-state index contributed by atoms with van der Waals surface area (Å²) in [5.74, 6) is -2.46. The van der Waals surface area contributed by atoms with E-state index in [0.29, 0.717) is 0 Å². The van der Waals surface area contributed by atoms with E-state index in [4.69, 9.17) is 37.9 Å². The van der Waals surface area contributed by atoms with Crippen molar-refractivity contribution in [1.29, 1.82) is 0 Å². The van der Waals surface area contributed by atoms with Crippen LogP contribution >= 0.6 is 0 Å². The molecule has 4 fully saturated rings. The Morgan fingerprint density at radius 2 is 1.06 bits per heavy atom. The Balaban J connectivity index is 1.57. The molecule has 24 atom stereocenters. The standard InChI is InChI=1S/C36H63N3O29S/c1-10(44)37-13(4-40)30(66-36-29(56)27(54)31(17(7-43)64-36)67-34-19(38-11(2)45)24(51)22(49)15(5-41)62-34)21(48)14(47)8-60-33-20(39-12(3)46)25(52)32(18(65-33)9-61-69(57,58)59)68-35-28(55)26(53)23(50)16(6-42)63-35/h13-36,40-43,47-56H,4-9H2,1-3H3,(H,37,44)(H,38,45)(H,39,46)(H,57,58,59)/t13-,14+,15+,16+,17+,18+,19+,20+,21-,22+,23-,24+,25+,26-,27+,28+,29+,30+,31-,32+,33+,34+,35-,36-/m0/s1. The van der Waals surface area contributed by atoms with E-state index in [1.807, 2.05) is 0 Å². The van der Waals surface area contributed by atoms with Gasteiger partial charge >= 0.3 is 10.4 Å².